The first kappa shape index (κ1) is 29.5. The van der Waals surface area contributed by atoms with Crippen molar-refractivity contribution in [2.75, 3.05) is 0 Å². The van der Waals surface area contributed by atoms with Gasteiger partial charge < -0.3 is 19.7 Å². The van der Waals surface area contributed by atoms with Crippen LogP contribution in [0.3, 0.4) is 0 Å². The molecule has 0 bridgehead atoms. The Kier molecular flexibility index (Phi) is 35.1. The zero-order chi connectivity index (χ0) is 8.15. The molecule has 0 amide bonds. The van der Waals surface area contributed by atoms with Crippen molar-refractivity contribution in [2.45, 2.75) is 0 Å². The Balaban J connectivity index is -0.0000000675. The molecule has 0 atom stereocenters. The monoisotopic (exact) mass is 324 g/mol. The summed E-state index contributed by atoms with van der Waals surface area (Å²) in [5.41, 5.74) is 0. The normalized spacial score (nSPS) is 5.71. The Bertz CT molecular complexity index is 168. The minimum atomic E-state index is -1.92. The van der Waals surface area contributed by atoms with Crippen molar-refractivity contribution >= 4 is 77.6 Å². The minimum absolute atomic E-state index is 0. The third-order valence-corrected chi connectivity index (χ3v) is 0.341. The fourth-order valence-electron chi connectivity index (χ4n) is 0.163. The summed E-state index contributed by atoms with van der Waals surface area (Å²) >= 11 is 0. The fraction of sp³-hybridized carbons (Fsp3) is 0. The second kappa shape index (κ2) is 16.7. The van der Waals surface area contributed by atoms with Crippen LogP contribution in [0.4, 0.5) is 14.4 Å². The van der Waals surface area contributed by atoms with E-state index in [2.05, 4.69) is 9.47 Å². The van der Waals surface area contributed by atoms with Crippen LogP contribution in [0, 0.1) is 0 Å². The Morgan fingerprint density at radius 1 is 0.786 bits per heavy atom. The molecule has 0 saturated carbocycles. The molecule has 14 heavy (non-hydrogen) atoms. The van der Waals surface area contributed by atoms with Crippen molar-refractivity contribution in [3.8, 4) is 0 Å². The predicted octanol–water partition coefficient (Wildman–Crippen LogP) is -0.806. The van der Waals surface area contributed by atoms with Crippen LogP contribution >= 0.6 is 0 Å². The summed E-state index contributed by atoms with van der Waals surface area (Å²) in [6.45, 7) is 0. The molecule has 0 saturated heterocycles. The van der Waals surface area contributed by atoms with Gasteiger partial charge in [0.1, 0.15) is 0 Å². The zero-order valence-electron chi connectivity index (χ0n) is 5.04. The molecule has 0 aliphatic carbocycles. The standard InChI is InChI=1S/C3H2O7.2Cu.2Na.2H/c4-1(5)9-3(8)10-2(6)7;;;;;;/h(H,4,5)(H,6,7);;;;;;. The van der Waals surface area contributed by atoms with Crippen molar-refractivity contribution in [3.63, 3.8) is 0 Å². The van der Waals surface area contributed by atoms with Crippen LogP contribution in [0.1, 0.15) is 0 Å². The maximum atomic E-state index is 9.86. The van der Waals surface area contributed by atoms with Gasteiger partial charge in [0, 0.05) is 34.1 Å². The SMILES string of the molecule is O=C(O)OC(=O)OC(=O)O.[Cu].[Cu].[NaH].[NaH]. The van der Waals surface area contributed by atoms with Crippen molar-refractivity contribution in [1.29, 1.82) is 0 Å². The number of hydrogen-bond acceptors (Lipinski definition) is 5. The van der Waals surface area contributed by atoms with Crippen LogP contribution in [-0.4, -0.2) is 87.8 Å². The van der Waals surface area contributed by atoms with E-state index in [1.807, 2.05) is 0 Å². The fourth-order valence-corrected chi connectivity index (χ4v) is 0.163. The summed E-state index contributed by atoms with van der Waals surface area (Å²) in [7, 11) is 0. The van der Waals surface area contributed by atoms with Crippen LogP contribution in [0.5, 0.6) is 0 Å². The van der Waals surface area contributed by atoms with Gasteiger partial charge in [-0.15, -0.1) is 0 Å². The van der Waals surface area contributed by atoms with Gasteiger partial charge in [-0.1, -0.05) is 0 Å². The van der Waals surface area contributed by atoms with Gasteiger partial charge in [0.25, 0.3) is 0 Å². The van der Waals surface area contributed by atoms with Crippen LogP contribution in [-0.2, 0) is 43.6 Å². The molecule has 0 rings (SSSR count). The number of carbonyl (C=O) groups is 3. The molecule has 7 nitrogen and oxygen atoms in total. The maximum absolute atomic E-state index is 9.86. The Morgan fingerprint density at radius 2 is 1.00 bits per heavy atom. The Hall–Kier alpha value is 1.25. The summed E-state index contributed by atoms with van der Waals surface area (Å²) in [6, 6.07) is 0. The predicted molar refractivity (Wildman–Crippen MR) is 37.9 cm³/mol. The van der Waals surface area contributed by atoms with Gasteiger partial charge in [-0.25, -0.2) is 14.4 Å². The van der Waals surface area contributed by atoms with E-state index in [9.17, 15) is 14.4 Å². The van der Waals surface area contributed by atoms with E-state index in [-0.39, 0.29) is 93.3 Å². The van der Waals surface area contributed by atoms with Gasteiger partial charge in [-0.05, 0) is 0 Å². The molecule has 11 heteroatoms. The number of ether oxygens (including phenoxy) is 2. The first-order valence-electron chi connectivity index (χ1n) is 1.88. The average molecular weight is 325 g/mol. The molecule has 2 N–H and O–H groups in total. The molecule has 82 valence electrons. The van der Waals surface area contributed by atoms with Gasteiger partial charge in [0.2, 0.25) is 0 Å². The second-order valence-corrected chi connectivity index (χ2v) is 0.986. The Morgan fingerprint density at radius 3 is 1.14 bits per heavy atom. The number of rotatable bonds is 0. The van der Waals surface area contributed by atoms with Crippen molar-refractivity contribution in [2.24, 2.45) is 0 Å². The van der Waals surface area contributed by atoms with E-state index in [0.29, 0.717) is 0 Å². The van der Waals surface area contributed by atoms with E-state index >= 15 is 0 Å². The number of carboxylic acid groups (broad SMARTS) is 2. The molecule has 0 heterocycles. The van der Waals surface area contributed by atoms with Crippen molar-refractivity contribution < 1.29 is 68.2 Å². The molecule has 0 aliphatic heterocycles. The molecule has 0 fully saturated rings. The molecular weight excluding hydrogens is 321 g/mol. The summed E-state index contributed by atoms with van der Waals surface area (Å²) in [4.78, 5) is 28.8. The van der Waals surface area contributed by atoms with Crippen LogP contribution in [0.25, 0.3) is 0 Å². The third-order valence-electron chi connectivity index (χ3n) is 0.341. The van der Waals surface area contributed by atoms with Crippen molar-refractivity contribution in [3.05, 3.63) is 0 Å². The van der Waals surface area contributed by atoms with Crippen LogP contribution < -0.4 is 0 Å². The molecular formula is C3H4Cu2Na2O7. The summed E-state index contributed by atoms with van der Waals surface area (Å²) in [6.07, 6.45) is -5.64. The zero-order valence-corrected chi connectivity index (χ0v) is 6.92. The van der Waals surface area contributed by atoms with Crippen LogP contribution in [0.15, 0.2) is 0 Å². The molecule has 2 radical (unpaired) electrons. The second-order valence-electron chi connectivity index (χ2n) is 0.986. The summed E-state index contributed by atoms with van der Waals surface area (Å²) in [5.74, 6) is 0. The van der Waals surface area contributed by atoms with E-state index in [1.165, 1.54) is 0 Å². The van der Waals surface area contributed by atoms with E-state index in [1.54, 1.807) is 0 Å². The van der Waals surface area contributed by atoms with Gasteiger partial charge >= 0.3 is 77.6 Å². The molecule has 0 aromatic rings. The van der Waals surface area contributed by atoms with Gasteiger partial charge in [-0.3, -0.25) is 0 Å². The first-order chi connectivity index (χ1) is 4.52. The number of carbonyl (C=O) groups excluding carboxylic acids is 1. The number of hydrogen-bond donors (Lipinski definition) is 2. The molecule has 0 spiro atoms. The summed E-state index contributed by atoms with van der Waals surface area (Å²) in [5, 5.41) is 15.4. The molecule has 0 unspecified atom stereocenters. The van der Waals surface area contributed by atoms with E-state index in [0.717, 1.165) is 0 Å². The van der Waals surface area contributed by atoms with Gasteiger partial charge in [0.15, 0.2) is 0 Å². The molecule has 0 aromatic heterocycles. The van der Waals surface area contributed by atoms with E-state index < -0.39 is 18.5 Å². The topological polar surface area (TPSA) is 110 Å². The average Bonchev–Trinajstić information content (AvgIpc) is 1.58. The summed E-state index contributed by atoms with van der Waals surface area (Å²) < 4.78 is 6.47. The van der Waals surface area contributed by atoms with E-state index in [4.69, 9.17) is 10.2 Å². The van der Waals surface area contributed by atoms with Crippen molar-refractivity contribution in [1.82, 2.24) is 0 Å². The third kappa shape index (κ3) is 23.2. The molecule has 0 aromatic carbocycles. The van der Waals surface area contributed by atoms with Gasteiger partial charge in [-0.2, -0.15) is 0 Å². The molecule has 0 aliphatic rings. The van der Waals surface area contributed by atoms with Gasteiger partial charge in [0.05, 0.1) is 0 Å². The quantitative estimate of drug-likeness (QED) is 0.341. The first-order valence-corrected chi connectivity index (χ1v) is 1.88. The Labute approximate surface area is 144 Å². The van der Waals surface area contributed by atoms with Crippen LogP contribution in [0.2, 0.25) is 0 Å².